The van der Waals surface area contributed by atoms with Crippen molar-refractivity contribution < 1.29 is 22.7 Å². The number of ether oxygens (including phenoxy) is 1. The number of halogens is 3. The first-order chi connectivity index (χ1) is 7.45. The molecule has 0 aliphatic rings. The molecule has 0 radical (unpaired) electrons. The first-order valence-corrected chi connectivity index (χ1v) is 4.46. The smallest absolute Gasteiger partial charge is 0.311 e. The molecule has 0 aliphatic heterocycles. The van der Waals surface area contributed by atoms with Crippen molar-refractivity contribution in [2.45, 2.75) is 19.8 Å². The second-order valence-electron chi connectivity index (χ2n) is 3.16. The Bertz CT molecular complexity index is 407. The molecule has 1 heterocycles. The minimum Gasteiger partial charge on any atom is -0.469 e. The van der Waals surface area contributed by atoms with E-state index in [1.807, 2.05) is 0 Å². The summed E-state index contributed by atoms with van der Waals surface area (Å²) >= 11 is 0. The molecular formula is C10H10F3NO2. The van der Waals surface area contributed by atoms with Gasteiger partial charge in [0.25, 0.3) is 6.43 Å². The van der Waals surface area contributed by atoms with Gasteiger partial charge < -0.3 is 4.74 Å². The van der Waals surface area contributed by atoms with Crippen molar-refractivity contribution in [1.29, 1.82) is 0 Å². The molecule has 0 fully saturated rings. The Morgan fingerprint density at radius 1 is 1.56 bits per heavy atom. The SMILES string of the molecule is COC(=O)Cc1cc(F)c(C)c(C(F)F)n1. The van der Waals surface area contributed by atoms with E-state index >= 15 is 0 Å². The van der Waals surface area contributed by atoms with Gasteiger partial charge in [-0.1, -0.05) is 0 Å². The molecule has 6 heteroatoms. The minimum atomic E-state index is -2.87. The molecule has 0 unspecified atom stereocenters. The molecule has 0 atom stereocenters. The highest BCUT2D eigenvalue weighted by molar-refractivity contribution is 5.71. The topological polar surface area (TPSA) is 39.2 Å². The number of hydrogen-bond acceptors (Lipinski definition) is 3. The van der Waals surface area contributed by atoms with Crippen LogP contribution in [-0.2, 0) is 16.0 Å². The summed E-state index contributed by atoms with van der Waals surface area (Å²) in [5.41, 5.74) is -0.909. The Kier molecular flexibility index (Phi) is 3.87. The van der Waals surface area contributed by atoms with Crippen LogP contribution in [-0.4, -0.2) is 18.1 Å². The van der Waals surface area contributed by atoms with Gasteiger partial charge in [-0.3, -0.25) is 9.78 Å². The number of methoxy groups -OCH3 is 1. The molecular weight excluding hydrogens is 223 g/mol. The number of carbonyl (C=O) groups excluding carboxylic acids is 1. The molecule has 0 aliphatic carbocycles. The van der Waals surface area contributed by atoms with Crippen LogP contribution in [0.2, 0.25) is 0 Å². The van der Waals surface area contributed by atoms with Crippen LogP contribution in [0, 0.1) is 12.7 Å². The summed E-state index contributed by atoms with van der Waals surface area (Å²) in [6, 6.07) is 0.956. The standard InChI is InChI=1S/C10H10F3NO2/c1-5-7(11)3-6(4-8(15)16-2)14-9(5)10(12)13/h3,10H,4H2,1-2H3. The second-order valence-corrected chi connectivity index (χ2v) is 3.16. The van der Waals surface area contributed by atoms with Gasteiger partial charge in [0.05, 0.1) is 19.2 Å². The lowest BCUT2D eigenvalue weighted by Crippen LogP contribution is -2.09. The predicted octanol–water partition coefficient (Wildman–Crippen LogP) is 2.18. The Hall–Kier alpha value is -1.59. The number of esters is 1. The van der Waals surface area contributed by atoms with Crippen molar-refractivity contribution in [1.82, 2.24) is 4.98 Å². The number of hydrogen-bond donors (Lipinski definition) is 0. The fourth-order valence-electron chi connectivity index (χ4n) is 1.17. The molecule has 0 bridgehead atoms. The molecule has 16 heavy (non-hydrogen) atoms. The molecule has 0 amide bonds. The molecule has 88 valence electrons. The van der Waals surface area contributed by atoms with Crippen LogP contribution in [0.1, 0.15) is 23.4 Å². The fraction of sp³-hybridized carbons (Fsp3) is 0.400. The Labute approximate surface area is 90.2 Å². The molecule has 1 aromatic rings. The zero-order valence-corrected chi connectivity index (χ0v) is 8.76. The van der Waals surface area contributed by atoms with E-state index in [2.05, 4.69) is 9.72 Å². The third-order valence-corrected chi connectivity index (χ3v) is 2.06. The van der Waals surface area contributed by atoms with Crippen molar-refractivity contribution >= 4 is 5.97 Å². The maximum Gasteiger partial charge on any atom is 0.311 e. The van der Waals surface area contributed by atoms with Crippen LogP contribution in [0.25, 0.3) is 0 Å². The first kappa shape index (κ1) is 12.5. The van der Waals surface area contributed by atoms with Crippen LogP contribution in [0.15, 0.2) is 6.07 Å². The summed E-state index contributed by atoms with van der Waals surface area (Å²) in [7, 11) is 1.15. The van der Waals surface area contributed by atoms with E-state index in [0.29, 0.717) is 0 Å². The normalized spacial score (nSPS) is 10.6. The van der Waals surface area contributed by atoms with Crippen molar-refractivity contribution in [3.8, 4) is 0 Å². The van der Waals surface area contributed by atoms with Crippen molar-refractivity contribution in [2.75, 3.05) is 7.11 Å². The summed E-state index contributed by atoms with van der Waals surface area (Å²) in [6.07, 6.45) is -3.19. The number of alkyl halides is 2. The van der Waals surface area contributed by atoms with E-state index in [-0.39, 0.29) is 17.7 Å². The van der Waals surface area contributed by atoms with Crippen molar-refractivity contribution in [3.63, 3.8) is 0 Å². The summed E-state index contributed by atoms with van der Waals surface area (Å²) in [4.78, 5) is 14.4. The van der Waals surface area contributed by atoms with Crippen LogP contribution in [0.3, 0.4) is 0 Å². The zero-order valence-electron chi connectivity index (χ0n) is 8.76. The Balaban J connectivity index is 3.09. The van der Waals surface area contributed by atoms with Gasteiger partial charge in [0.2, 0.25) is 0 Å². The summed E-state index contributed by atoms with van der Waals surface area (Å²) < 4.78 is 42.5. The molecule has 3 nitrogen and oxygen atoms in total. The van der Waals surface area contributed by atoms with Crippen LogP contribution in [0.4, 0.5) is 13.2 Å². The van der Waals surface area contributed by atoms with Gasteiger partial charge in [0.1, 0.15) is 11.5 Å². The van der Waals surface area contributed by atoms with Crippen molar-refractivity contribution in [3.05, 3.63) is 28.8 Å². The highest BCUT2D eigenvalue weighted by atomic mass is 19.3. The van der Waals surface area contributed by atoms with Gasteiger partial charge >= 0.3 is 5.97 Å². The quantitative estimate of drug-likeness (QED) is 0.751. The number of pyridine rings is 1. The number of nitrogens with zero attached hydrogens (tertiary/aromatic N) is 1. The maximum absolute atomic E-state index is 13.2. The number of aromatic nitrogens is 1. The van der Waals surface area contributed by atoms with Crippen LogP contribution < -0.4 is 0 Å². The molecule has 0 saturated carbocycles. The van der Waals surface area contributed by atoms with Crippen LogP contribution >= 0.6 is 0 Å². The zero-order chi connectivity index (χ0) is 12.3. The van der Waals surface area contributed by atoms with E-state index < -0.39 is 23.9 Å². The molecule has 0 saturated heterocycles. The van der Waals surface area contributed by atoms with E-state index in [4.69, 9.17) is 0 Å². The van der Waals surface area contributed by atoms with Gasteiger partial charge in [-0.25, -0.2) is 13.2 Å². The molecule has 0 aromatic carbocycles. The van der Waals surface area contributed by atoms with Gasteiger partial charge in [-0.05, 0) is 13.0 Å². The summed E-state index contributed by atoms with van der Waals surface area (Å²) in [5, 5.41) is 0. The first-order valence-electron chi connectivity index (χ1n) is 4.46. The second kappa shape index (κ2) is 4.96. The average molecular weight is 233 g/mol. The van der Waals surface area contributed by atoms with E-state index in [9.17, 15) is 18.0 Å². The minimum absolute atomic E-state index is 0.0646. The maximum atomic E-state index is 13.2. The van der Waals surface area contributed by atoms with Gasteiger partial charge in [0, 0.05) is 5.56 Å². The Morgan fingerprint density at radius 2 is 2.19 bits per heavy atom. The highest BCUT2D eigenvalue weighted by Gasteiger charge is 2.18. The van der Waals surface area contributed by atoms with Crippen molar-refractivity contribution in [2.24, 2.45) is 0 Å². The lowest BCUT2D eigenvalue weighted by molar-refractivity contribution is -0.139. The predicted molar refractivity (Wildman–Crippen MR) is 49.6 cm³/mol. The molecule has 1 aromatic heterocycles. The van der Waals surface area contributed by atoms with Crippen LogP contribution in [0.5, 0.6) is 0 Å². The van der Waals surface area contributed by atoms with E-state index in [1.54, 1.807) is 0 Å². The monoisotopic (exact) mass is 233 g/mol. The van der Waals surface area contributed by atoms with Gasteiger partial charge in [-0.2, -0.15) is 0 Å². The molecule has 1 rings (SSSR count). The van der Waals surface area contributed by atoms with E-state index in [1.165, 1.54) is 6.92 Å². The average Bonchev–Trinajstić information content (AvgIpc) is 2.22. The van der Waals surface area contributed by atoms with E-state index in [0.717, 1.165) is 13.2 Å². The number of carbonyl (C=O) groups is 1. The third-order valence-electron chi connectivity index (χ3n) is 2.06. The third kappa shape index (κ3) is 2.71. The Morgan fingerprint density at radius 3 is 2.69 bits per heavy atom. The number of rotatable bonds is 3. The van der Waals surface area contributed by atoms with Gasteiger partial charge in [0.15, 0.2) is 0 Å². The van der Waals surface area contributed by atoms with Gasteiger partial charge in [-0.15, -0.1) is 0 Å². The lowest BCUT2D eigenvalue weighted by Gasteiger charge is -2.07. The largest absolute Gasteiger partial charge is 0.469 e. The molecule has 0 spiro atoms. The summed E-state index contributed by atoms with van der Waals surface area (Å²) in [6.45, 7) is 1.21. The summed E-state index contributed by atoms with van der Waals surface area (Å²) in [5.74, 6) is -1.46. The highest BCUT2D eigenvalue weighted by Crippen LogP contribution is 2.23. The lowest BCUT2D eigenvalue weighted by atomic mass is 10.1. The molecule has 0 N–H and O–H groups in total. The fourth-order valence-corrected chi connectivity index (χ4v) is 1.17.